The fraction of sp³-hybridized carbons (Fsp3) is 0.625. The summed E-state index contributed by atoms with van der Waals surface area (Å²) in [5.41, 5.74) is 0. The summed E-state index contributed by atoms with van der Waals surface area (Å²) >= 11 is 0. The Labute approximate surface area is 260 Å². The van der Waals surface area contributed by atoms with E-state index in [-0.39, 0.29) is 6.61 Å². The van der Waals surface area contributed by atoms with Gasteiger partial charge in [0.15, 0.2) is 0 Å². The Morgan fingerprint density at radius 2 is 0.489 bits per heavy atom. The number of aliphatic hydroxyl groups excluding tert-OH is 1. The van der Waals surface area contributed by atoms with Gasteiger partial charge in [0, 0.05) is 68.9 Å². The molecule has 0 unspecified atom stereocenters. The van der Waals surface area contributed by atoms with Gasteiger partial charge in [0.2, 0.25) is 0 Å². The molecule has 0 aliphatic carbocycles. The average molecular weight is 675 g/mol. The van der Waals surface area contributed by atoms with Crippen LogP contribution in [0.15, 0.2) is 0 Å². The minimum Gasteiger partial charge on any atom is -0.481 e. The van der Waals surface area contributed by atoms with Crippen LogP contribution in [0.3, 0.4) is 0 Å². The molecule has 0 spiro atoms. The summed E-state index contributed by atoms with van der Waals surface area (Å²) in [7, 11) is 0. The first-order valence-electron chi connectivity index (χ1n) is 11.5. The van der Waals surface area contributed by atoms with E-state index in [9.17, 15) is 0 Å². The van der Waals surface area contributed by atoms with Crippen LogP contribution >= 0.6 is 0 Å². The van der Waals surface area contributed by atoms with Crippen molar-refractivity contribution < 1.29 is 104 Å². The normalized spacial score (nSPS) is 7.00. The van der Waals surface area contributed by atoms with Gasteiger partial charge in [-0.1, -0.05) is 0 Å². The molecule has 0 saturated carbocycles. The van der Waals surface area contributed by atoms with Gasteiger partial charge in [0.1, 0.15) is 0 Å². The Morgan fingerprint density at radius 3 is 0.600 bits per heavy atom. The Balaban J connectivity index is -0.0000000385. The van der Waals surface area contributed by atoms with E-state index in [2.05, 4.69) is 0 Å². The van der Waals surface area contributed by atoms with Gasteiger partial charge in [-0.05, 0) is 6.92 Å². The summed E-state index contributed by atoms with van der Waals surface area (Å²) in [6.45, 7) is 14.1. The van der Waals surface area contributed by atoms with Crippen molar-refractivity contribution >= 4 is 53.7 Å². The number of ether oxygens (including phenoxy) is 2. The summed E-state index contributed by atoms with van der Waals surface area (Å²) in [4.78, 5) is 81.0. The number of rotatable bonds is 6. The van der Waals surface area contributed by atoms with Crippen LogP contribution in [-0.4, -0.2) is 138 Å². The maximum absolute atomic E-state index is 9.00. The van der Waals surface area contributed by atoms with Gasteiger partial charge >= 0.3 is 0 Å². The monoisotopic (exact) mass is 674 g/mol. The number of carboxylic acids is 9. The molecule has 0 aromatic rings. The maximum Gasteiger partial charge on any atom is 0.300 e. The first-order chi connectivity index (χ1) is 20.0. The molecule has 0 atom stereocenters. The van der Waals surface area contributed by atoms with E-state index in [1.54, 1.807) is 0 Å². The highest BCUT2D eigenvalue weighted by Crippen LogP contribution is 1.76. The summed E-state index contributed by atoms with van der Waals surface area (Å²) in [6.07, 6.45) is 0. The van der Waals surface area contributed by atoms with E-state index in [0.717, 1.165) is 68.9 Å². The van der Waals surface area contributed by atoms with Crippen molar-refractivity contribution in [1.29, 1.82) is 0 Å². The molecule has 0 saturated heterocycles. The van der Waals surface area contributed by atoms with E-state index >= 15 is 0 Å². The van der Waals surface area contributed by atoms with Crippen molar-refractivity contribution in [1.82, 2.24) is 0 Å². The number of carbonyl (C=O) groups is 9. The molecule has 21 heteroatoms. The third-order valence-electron chi connectivity index (χ3n) is 0.812. The van der Waals surface area contributed by atoms with Crippen molar-refractivity contribution in [3.63, 3.8) is 0 Å². The molecule has 0 amide bonds. The van der Waals surface area contributed by atoms with E-state index in [0.29, 0.717) is 19.8 Å². The SMILES string of the molecule is CC(=O)O.CC(=O)O.CC(=O)O.CC(=O)O.CC(=O)O.CC(=O)O.CC(=O)O.CC(=O)O.CC(=O)O.CCOCCOCCO. The summed E-state index contributed by atoms with van der Waals surface area (Å²) in [5.74, 6) is -7.50. The van der Waals surface area contributed by atoms with E-state index in [1.165, 1.54) is 0 Å². The Morgan fingerprint density at radius 1 is 0.356 bits per heavy atom. The van der Waals surface area contributed by atoms with Crippen molar-refractivity contribution in [2.24, 2.45) is 0 Å². The fourth-order valence-corrected chi connectivity index (χ4v) is 0.429. The molecule has 272 valence electrons. The molecule has 0 rings (SSSR count). The van der Waals surface area contributed by atoms with Gasteiger partial charge in [0.05, 0.1) is 26.4 Å². The molecule has 0 bridgehead atoms. The van der Waals surface area contributed by atoms with E-state index in [4.69, 9.17) is 104 Å². The zero-order valence-electron chi connectivity index (χ0n) is 27.0. The second-order valence-corrected chi connectivity index (χ2v) is 6.20. The molecule has 0 aliphatic heterocycles. The molecule has 0 heterocycles. The van der Waals surface area contributed by atoms with Gasteiger partial charge in [-0.25, -0.2) is 0 Å². The number of aliphatic hydroxyl groups is 1. The lowest BCUT2D eigenvalue weighted by atomic mass is 10.7. The third kappa shape index (κ3) is 43700. The number of hydrogen-bond acceptors (Lipinski definition) is 12. The summed E-state index contributed by atoms with van der Waals surface area (Å²) in [5, 5.41) is 75.0. The largest absolute Gasteiger partial charge is 0.481 e. The highest BCUT2D eigenvalue weighted by atomic mass is 16.5. The quantitative estimate of drug-likeness (QED) is 0.174. The zero-order chi connectivity index (χ0) is 39.1. The Hall–Kier alpha value is -4.89. The minimum atomic E-state index is -0.833. The molecular formula is C24H50O21. The zero-order valence-corrected chi connectivity index (χ0v) is 27.0. The predicted octanol–water partition coefficient (Wildman–Crippen LogP) is 0.850. The van der Waals surface area contributed by atoms with Crippen LogP contribution in [0.25, 0.3) is 0 Å². The van der Waals surface area contributed by atoms with Crippen molar-refractivity contribution in [2.75, 3.05) is 33.0 Å². The first-order valence-corrected chi connectivity index (χ1v) is 11.5. The second-order valence-electron chi connectivity index (χ2n) is 6.20. The van der Waals surface area contributed by atoms with Crippen LogP contribution < -0.4 is 0 Å². The predicted molar refractivity (Wildman–Crippen MR) is 154 cm³/mol. The van der Waals surface area contributed by atoms with Crippen molar-refractivity contribution in [3.05, 3.63) is 0 Å². The summed E-state index contributed by atoms with van der Waals surface area (Å²) in [6, 6.07) is 0. The third-order valence-corrected chi connectivity index (χ3v) is 0.812. The Kier molecular flexibility index (Phi) is 101. The smallest absolute Gasteiger partial charge is 0.300 e. The molecule has 0 aliphatic rings. The van der Waals surface area contributed by atoms with Crippen LogP contribution in [-0.2, 0) is 52.6 Å². The summed E-state index contributed by atoms with van der Waals surface area (Å²) < 4.78 is 9.88. The molecular weight excluding hydrogens is 624 g/mol. The molecule has 0 aromatic heterocycles. The topological polar surface area (TPSA) is 374 Å². The lowest BCUT2D eigenvalue weighted by molar-refractivity contribution is -0.135. The van der Waals surface area contributed by atoms with Crippen molar-refractivity contribution in [3.8, 4) is 0 Å². The highest BCUT2D eigenvalue weighted by Gasteiger charge is 1.84. The van der Waals surface area contributed by atoms with Crippen LogP contribution in [0, 0.1) is 0 Å². The van der Waals surface area contributed by atoms with Crippen LogP contribution in [0.5, 0.6) is 0 Å². The molecule has 21 nitrogen and oxygen atoms in total. The lowest BCUT2D eigenvalue weighted by Gasteiger charge is -2.00. The molecule has 10 N–H and O–H groups in total. The van der Waals surface area contributed by atoms with E-state index < -0.39 is 53.7 Å². The number of carboxylic acid groups (broad SMARTS) is 9. The minimum absolute atomic E-state index is 0.0894. The number of hydrogen-bond donors (Lipinski definition) is 10. The molecule has 45 heavy (non-hydrogen) atoms. The highest BCUT2D eigenvalue weighted by molar-refractivity contribution is 5.64. The van der Waals surface area contributed by atoms with Gasteiger partial charge in [0.25, 0.3) is 53.7 Å². The van der Waals surface area contributed by atoms with Gasteiger partial charge in [-0.15, -0.1) is 0 Å². The van der Waals surface area contributed by atoms with Gasteiger partial charge < -0.3 is 60.5 Å². The Bertz CT molecular complexity index is 519. The fourth-order valence-electron chi connectivity index (χ4n) is 0.429. The maximum atomic E-state index is 9.00. The van der Waals surface area contributed by atoms with E-state index in [1.807, 2.05) is 6.92 Å². The van der Waals surface area contributed by atoms with Crippen LogP contribution in [0.4, 0.5) is 0 Å². The first kappa shape index (κ1) is 67.7. The van der Waals surface area contributed by atoms with Crippen LogP contribution in [0.1, 0.15) is 69.2 Å². The van der Waals surface area contributed by atoms with Crippen molar-refractivity contribution in [2.45, 2.75) is 69.2 Å². The van der Waals surface area contributed by atoms with Gasteiger partial charge in [-0.3, -0.25) is 43.2 Å². The average Bonchev–Trinajstić information content (AvgIpc) is 2.70. The molecule has 0 fully saturated rings. The van der Waals surface area contributed by atoms with Crippen LogP contribution in [0.2, 0.25) is 0 Å². The molecule has 0 aromatic carbocycles. The molecule has 0 radical (unpaired) electrons. The number of aliphatic carboxylic acids is 9. The standard InChI is InChI=1S/C6H14O3.9C2H4O2/c1-2-8-5-6-9-4-3-7;9*1-2(3)4/h7H,2-6H2,1H3;9*1H3,(H,3,4). The van der Waals surface area contributed by atoms with Gasteiger partial charge in [-0.2, -0.15) is 0 Å². The second kappa shape index (κ2) is 67.0. The lowest BCUT2D eigenvalue weighted by Crippen LogP contribution is -2.06.